The molecule has 0 aromatic heterocycles. The highest BCUT2D eigenvalue weighted by atomic mass is 16.6. The molecule has 0 bridgehead atoms. The molecular formula is C37H44O4. The first kappa shape index (κ1) is 29.1. The quantitative estimate of drug-likeness (QED) is 0.196. The molecule has 0 N–H and O–H groups in total. The van der Waals surface area contributed by atoms with Crippen LogP contribution in [0.5, 0.6) is 5.75 Å². The van der Waals surface area contributed by atoms with Crippen molar-refractivity contribution in [1.29, 1.82) is 0 Å². The van der Waals surface area contributed by atoms with Crippen LogP contribution in [0, 0.1) is 11.8 Å². The maximum Gasteiger partial charge on any atom is 0.338 e. The third-order valence-corrected chi connectivity index (χ3v) is 9.50. The number of rotatable bonds is 9. The fraction of sp³-hybridized carbons (Fsp3) is 0.459. The zero-order chi connectivity index (χ0) is 28.6. The number of carbonyl (C=O) groups is 2. The summed E-state index contributed by atoms with van der Waals surface area (Å²) in [6, 6.07) is 25.2. The lowest BCUT2D eigenvalue weighted by molar-refractivity contribution is -0.137. The summed E-state index contributed by atoms with van der Waals surface area (Å²) in [6.45, 7) is 4.53. The van der Waals surface area contributed by atoms with Crippen LogP contribution in [0.1, 0.15) is 116 Å². The zero-order valence-corrected chi connectivity index (χ0v) is 24.6. The topological polar surface area (TPSA) is 52.6 Å². The first-order valence-corrected chi connectivity index (χ1v) is 15.6. The van der Waals surface area contributed by atoms with Crippen LogP contribution >= 0.6 is 0 Å². The van der Waals surface area contributed by atoms with Gasteiger partial charge in [0.2, 0.25) is 0 Å². The van der Waals surface area contributed by atoms with Crippen LogP contribution in [-0.2, 0) is 9.53 Å². The molecule has 5 rings (SSSR count). The highest BCUT2D eigenvalue weighted by Gasteiger charge is 2.26. The fourth-order valence-electron chi connectivity index (χ4n) is 6.61. The monoisotopic (exact) mass is 552 g/mol. The summed E-state index contributed by atoms with van der Waals surface area (Å²) in [5.41, 5.74) is 3.87. The Kier molecular flexibility index (Phi) is 9.92. The van der Waals surface area contributed by atoms with Gasteiger partial charge < -0.3 is 9.47 Å². The molecule has 4 heteroatoms. The van der Waals surface area contributed by atoms with Crippen LogP contribution in [0.2, 0.25) is 0 Å². The third-order valence-electron chi connectivity index (χ3n) is 9.50. The molecule has 3 aromatic carbocycles. The molecule has 41 heavy (non-hydrogen) atoms. The predicted octanol–water partition coefficient (Wildman–Crippen LogP) is 9.21. The van der Waals surface area contributed by atoms with Crippen LogP contribution in [0.25, 0.3) is 0 Å². The second kappa shape index (κ2) is 14.0. The van der Waals surface area contributed by atoms with E-state index in [2.05, 4.69) is 38.1 Å². The average molecular weight is 553 g/mol. The molecule has 0 aliphatic heterocycles. The van der Waals surface area contributed by atoms with Crippen molar-refractivity contribution in [2.45, 2.75) is 89.4 Å². The normalized spacial score (nSPS) is 23.4. The Hall–Kier alpha value is -3.40. The maximum atomic E-state index is 13.3. The predicted molar refractivity (Wildman–Crippen MR) is 163 cm³/mol. The highest BCUT2D eigenvalue weighted by Crippen LogP contribution is 2.37. The van der Waals surface area contributed by atoms with Crippen molar-refractivity contribution >= 4 is 11.9 Å². The van der Waals surface area contributed by atoms with E-state index in [0.29, 0.717) is 23.1 Å². The van der Waals surface area contributed by atoms with E-state index < -0.39 is 17.9 Å². The number of ether oxygens (including phenoxy) is 2. The molecule has 0 saturated heterocycles. The summed E-state index contributed by atoms with van der Waals surface area (Å²) in [6.07, 6.45) is 11.2. The summed E-state index contributed by atoms with van der Waals surface area (Å²) in [5.74, 6) is 1.76. The van der Waals surface area contributed by atoms with E-state index in [1.165, 1.54) is 68.9 Å². The van der Waals surface area contributed by atoms with Gasteiger partial charge in [-0.1, -0.05) is 87.7 Å². The number of benzene rings is 3. The van der Waals surface area contributed by atoms with Gasteiger partial charge in [0, 0.05) is 0 Å². The smallest absolute Gasteiger partial charge is 0.338 e. The van der Waals surface area contributed by atoms with Crippen LogP contribution < -0.4 is 4.74 Å². The Bertz CT molecular complexity index is 1250. The summed E-state index contributed by atoms with van der Waals surface area (Å²) in [4.78, 5) is 26.3. The van der Waals surface area contributed by atoms with E-state index >= 15 is 0 Å². The fourth-order valence-corrected chi connectivity index (χ4v) is 6.61. The third kappa shape index (κ3) is 7.67. The molecule has 2 aliphatic rings. The van der Waals surface area contributed by atoms with Crippen molar-refractivity contribution in [3.05, 3.63) is 101 Å². The molecule has 0 amide bonds. The highest BCUT2D eigenvalue weighted by molar-refractivity contribution is 5.90. The molecule has 1 unspecified atom stereocenters. The van der Waals surface area contributed by atoms with Gasteiger partial charge in [0.25, 0.3) is 0 Å². The lowest BCUT2D eigenvalue weighted by Crippen LogP contribution is -2.24. The van der Waals surface area contributed by atoms with Crippen molar-refractivity contribution in [2.75, 3.05) is 6.61 Å². The first-order chi connectivity index (χ1) is 20.0. The van der Waals surface area contributed by atoms with Gasteiger partial charge in [-0.3, -0.25) is 4.79 Å². The Morgan fingerprint density at radius 3 is 1.88 bits per heavy atom. The van der Waals surface area contributed by atoms with Crippen molar-refractivity contribution in [3.63, 3.8) is 0 Å². The molecule has 2 saturated carbocycles. The largest absolute Gasteiger partial charge is 0.461 e. The van der Waals surface area contributed by atoms with E-state index in [0.717, 1.165) is 17.4 Å². The van der Waals surface area contributed by atoms with Gasteiger partial charge in [-0.15, -0.1) is 0 Å². The standard InChI is InChI=1S/C37H44O4/c1-3-27-11-15-29(16-12-27)30-17-19-33(20-18-30)36(38)40-25-35(32-7-5-4-6-8-32)37(39)41-34-23-21-31(22-24-34)28-13-9-26(2)10-14-28/h4-8,17-24,26-29,35H,3,9-16,25H2,1-2H3. The first-order valence-electron chi connectivity index (χ1n) is 15.6. The Morgan fingerprint density at radius 2 is 1.29 bits per heavy atom. The van der Waals surface area contributed by atoms with Crippen molar-refractivity contribution < 1.29 is 19.1 Å². The molecular weight excluding hydrogens is 508 g/mol. The van der Waals surface area contributed by atoms with E-state index in [1.54, 1.807) is 0 Å². The minimum absolute atomic E-state index is 0.0806. The molecule has 0 heterocycles. The second-order valence-electron chi connectivity index (χ2n) is 12.3. The molecule has 0 radical (unpaired) electrons. The molecule has 3 aromatic rings. The SMILES string of the molecule is CCC1CCC(c2ccc(C(=O)OCC(C(=O)Oc3ccc(C4CCC(C)CC4)cc3)c3ccccc3)cc2)CC1. The van der Waals surface area contributed by atoms with Crippen LogP contribution in [0.4, 0.5) is 0 Å². The molecule has 0 spiro atoms. The number of hydrogen-bond acceptors (Lipinski definition) is 4. The molecule has 2 fully saturated rings. The molecule has 2 aliphatic carbocycles. The van der Waals surface area contributed by atoms with Gasteiger partial charge in [-0.25, -0.2) is 4.79 Å². The van der Waals surface area contributed by atoms with Crippen molar-refractivity contribution in [2.24, 2.45) is 11.8 Å². The molecule has 4 nitrogen and oxygen atoms in total. The van der Waals surface area contributed by atoms with Crippen LogP contribution in [0.15, 0.2) is 78.9 Å². The lowest BCUT2D eigenvalue weighted by atomic mass is 9.78. The number of esters is 2. The summed E-state index contributed by atoms with van der Waals surface area (Å²) < 4.78 is 11.5. The van der Waals surface area contributed by atoms with Crippen LogP contribution in [0.3, 0.4) is 0 Å². The van der Waals surface area contributed by atoms with Crippen LogP contribution in [-0.4, -0.2) is 18.5 Å². The van der Waals surface area contributed by atoms with E-state index in [4.69, 9.17) is 9.47 Å². The minimum atomic E-state index is -0.715. The van der Waals surface area contributed by atoms with Gasteiger partial charge >= 0.3 is 11.9 Å². The Labute approximate surface area is 245 Å². The van der Waals surface area contributed by atoms with Gasteiger partial charge in [-0.2, -0.15) is 0 Å². The summed E-state index contributed by atoms with van der Waals surface area (Å²) in [5, 5.41) is 0. The molecule has 1 atom stereocenters. The van der Waals surface area contributed by atoms with Gasteiger partial charge in [0.05, 0.1) is 5.56 Å². The molecule has 216 valence electrons. The van der Waals surface area contributed by atoms with Gasteiger partial charge in [0.15, 0.2) is 0 Å². The zero-order valence-electron chi connectivity index (χ0n) is 24.6. The van der Waals surface area contributed by atoms with E-state index in [9.17, 15) is 9.59 Å². The Balaban J connectivity index is 1.19. The van der Waals surface area contributed by atoms with Gasteiger partial charge in [-0.05, 0) is 103 Å². The maximum absolute atomic E-state index is 13.3. The summed E-state index contributed by atoms with van der Waals surface area (Å²) in [7, 11) is 0. The number of hydrogen-bond donors (Lipinski definition) is 0. The van der Waals surface area contributed by atoms with E-state index in [-0.39, 0.29) is 6.61 Å². The van der Waals surface area contributed by atoms with Gasteiger partial charge in [0.1, 0.15) is 18.3 Å². The minimum Gasteiger partial charge on any atom is -0.461 e. The van der Waals surface area contributed by atoms with Crippen molar-refractivity contribution in [1.82, 2.24) is 0 Å². The van der Waals surface area contributed by atoms with E-state index in [1.807, 2.05) is 54.6 Å². The summed E-state index contributed by atoms with van der Waals surface area (Å²) >= 11 is 0. The van der Waals surface area contributed by atoms with Crippen molar-refractivity contribution in [3.8, 4) is 5.75 Å². The second-order valence-corrected chi connectivity index (χ2v) is 12.3. The number of carbonyl (C=O) groups excluding carboxylic acids is 2. The lowest BCUT2D eigenvalue weighted by Gasteiger charge is -2.28. The Morgan fingerprint density at radius 1 is 0.732 bits per heavy atom. The average Bonchev–Trinajstić information content (AvgIpc) is 3.02.